The van der Waals surface area contributed by atoms with Gasteiger partial charge >= 0.3 is 6.03 Å². The molecule has 0 unspecified atom stereocenters. The van der Waals surface area contributed by atoms with Crippen molar-refractivity contribution in [1.29, 1.82) is 0 Å². The summed E-state index contributed by atoms with van der Waals surface area (Å²) in [5.74, 6) is 0. The Bertz CT molecular complexity index is 546. The summed E-state index contributed by atoms with van der Waals surface area (Å²) in [6, 6.07) is 3.78. The highest BCUT2D eigenvalue weighted by atomic mass is 32.1. The highest BCUT2D eigenvalue weighted by Crippen LogP contribution is 2.33. The van der Waals surface area contributed by atoms with Gasteiger partial charge in [-0.15, -0.1) is 11.3 Å². The van der Waals surface area contributed by atoms with Gasteiger partial charge in [0.2, 0.25) is 0 Å². The van der Waals surface area contributed by atoms with E-state index < -0.39 is 0 Å². The summed E-state index contributed by atoms with van der Waals surface area (Å²) < 4.78 is 0. The van der Waals surface area contributed by atoms with E-state index in [0.717, 1.165) is 12.1 Å². The van der Waals surface area contributed by atoms with Gasteiger partial charge < -0.3 is 10.6 Å². The first kappa shape index (κ1) is 10.3. The lowest BCUT2D eigenvalue weighted by molar-refractivity contribution is 0.203. The Morgan fingerprint density at radius 3 is 3.18 bits per heavy atom. The molecule has 2 aromatic heterocycles. The van der Waals surface area contributed by atoms with Gasteiger partial charge in [0.1, 0.15) is 0 Å². The number of aromatic amines is 1. The van der Waals surface area contributed by atoms with Crippen molar-refractivity contribution < 1.29 is 4.79 Å². The van der Waals surface area contributed by atoms with Crippen molar-refractivity contribution in [3.05, 3.63) is 28.8 Å². The van der Waals surface area contributed by atoms with E-state index in [4.69, 9.17) is 5.73 Å². The molecule has 88 valence electrons. The van der Waals surface area contributed by atoms with E-state index in [-0.39, 0.29) is 6.03 Å². The van der Waals surface area contributed by atoms with Crippen LogP contribution in [0.2, 0.25) is 0 Å². The number of nitrogens with one attached hydrogen (secondary N) is 1. The van der Waals surface area contributed by atoms with Crippen molar-refractivity contribution in [2.75, 3.05) is 6.54 Å². The summed E-state index contributed by atoms with van der Waals surface area (Å²) in [5.41, 5.74) is 7.64. The second-order valence-electron chi connectivity index (χ2n) is 4.04. The summed E-state index contributed by atoms with van der Waals surface area (Å²) in [5, 5.41) is 6.90. The molecule has 3 rings (SSSR count). The number of H-pyrrole nitrogens is 1. The number of nitrogens with two attached hydrogens (primary N) is 1. The zero-order valence-electron chi connectivity index (χ0n) is 9.14. The number of thiophene rings is 1. The van der Waals surface area contributed by atoms with E-state index >= 15 is 0 Å². The first-order chi connectivity index (χ1) is 8.24. The summed E-state index contributed by atoms with van der Waals surface area (Å²) >= 11 is 1.69. The molecule has 0 atom stereocenters. The van der Waals surface area contributed by atoms with E-state index in [9.17, 15) is 4.79 Å². The number of carbonyl (C=O) groups is 1. The maximum absolute atomic E-state index is 11.1. The first-order valence-corrected chi connectivity index (χ1v) is 6.21. The molecule has 2 aromatic rings. The van der Waals surface area contributed by atoms with Gasteiger partial charge in [-0.1, -0.05) is 0 Å². The molecule has 0 spiro atoms. The molecule has 1 aliphatic rings. The lowest BCUT2D eigenvalue weighted by atomic mass is 10.1. The summed E-state index contributed by atoms with van der Waals surface area (Å²) in [4.78, 5) is 15.2. The second kappa shape index (κ2) is 3.89. The molecule has 0 radical (unpaired) electrons. The molecule has 3 N–H and O–H groups in total. The molecule has 0 fully saturated rings. The lowest BCUT2D eigenvalue weighted by Crippen LogP contribution is -2.38. The van der Waals surface area contributed by atoms with Gasteiger partial charge in [-0.3, -0.25) is 5.10 Å². The Morgan fingerprint density at radius 1 is 1.59 bits per heavy atom. The van der Waals surface area contributed by atoms with Crippen LogP contribution in [0, 0.1) is 0 Å². The monoisotopic (exact) mass is 248 g/mol. The molecule has 17 heavy (non-hydrogen) atoms. The van der Waals surface area contributed by atoms with E-state index in [1.54, 1.807) is 22.4 Å². The van der Waals surface area contributed by atoms with Gasteiger partial charge in [0.15, 0.2) is 0 Å². The molecule has 0 bridgehead atoms. The van der Waals surface area contributed by atoms with Crippen LogP contribution in [0.5, 0.6) is 0 Å². The number of rotatable bonds is 1. The largest absolute Gasteiger partial charge is 0.351 e. The van der Waals surface area contributed by atoms with Crippen LogP contribution in [-0.4, -0.2) is 27.7 Å². The molecule has 1 aliphatic heterocycles. The van der Waals surface area contributed by atoms with Gasteiger partial charge in [0.05, 0.1) is 17.1 Å². The predicted octanol–water partition coefficient (Wildman–Crippen LogP) is 1.57. The maximum Gasteiger partial charge on any atom is 0.315 e. The lowest BCUT2D eigenvalue weighted by Gasteiger charge is -2.24. The van der Waals surface area contributed by atoms with Crippen LogP contribution in [0.25, 0.3) is 10.6 Å². The van der Waals surface area contributed by atoms with E-state index in [0.29, 0.717) is 13.1 Å². The normalized spacial score (nSPS) is 14.7. The molecule has 6 heteroatoms. The number of aromatic nitrogens is 2. The van der Waals surface area contributed by atoms with Crippen molar-refractivity contribution in [3.8, 4) is 10.6 Å². The van der Waals surface area contributed by atoms with Gasteiger partial charge in [-0.05, 0) is 24.1 Å². The van der Waals surface area contributed by atoms with Gasteiger partial charge in [0, 0.05) is 17.6 Å². The Kier molecular flexibility index (Phi) is 2.36. The molecular formula is C11H12N4OS. The van der Waals surface area contributed by atoms with Gasteiger partial charge in [-0.25, -0.2) is 4.79 Å². The minimum absolute atomic E-state index is 0.341. The summed E-state index contributed by atoms with van der Waals surface area (Å²) in [7, 11) is 0. The topological polar surface area (TPSA) is 75.0 Å². The number of primary amides is 1. The van der Waals surface area contributed by atoms with Crippen LogP contribution in [-0.2, 0) is 13.0 Å². The quantitative estimate of drug-likeness (QED) is 0.804. The van der Waals surface area contributed by atoms with Gasteiger partial charge in [0.25, 0.3) is 0 Å². The average molecular weight is 248 g/mol. The fourth-order valence-corrected chi connectivity index (χ4v) is 3.24. The predicted molar refractivity (Wildman–Crippen MR) is 65.6 cm³/mol. The summed E-state index contributed by atoms with van der Waals surface area (Å²) in [6.45, 7) is 1.34. The molecular weight excluding hydrogens is 236 g/mol. The zero-order chi connectivity index (χ0) is 11.8. The third-order valence-corrected chi connectivity index (χ3v) is 4.16. The van der Waals surface area contributed by atoms with E-state index in [2.05, 4.69) is 16.3 Å². The number of amides is 2. The molecule has 3 heterocycles. The van der Waals surface area contributed by atoms with Crippen molar-refractivity contribution in [2.24, 2.45) is 5.73 Å². The Morgan fingerprint density at radius 2 is 2.47 bits per heavy atom. The fourth-order valence-electron chi connectivity index (χ4n) is 2.03. The van der Waals surface area contributed by atoms with Crippen LogP contribution in [0.15, 0.2) is 18.3 Å². The molecule has 0 saturated heterocycles. The highest BCUT2D eigenvalue weighted by Gasteiger charge is 2.21. The van der Waals surface area contributed by atoms with E-state index in [1.165, 1.54) is 15.3 Å². The molecule has 2 amide bonds. The molecule has 0 aromatic carbocycles. The van der Waals surface area contributed by atoms with E-state index in [1.807, 2.05) is 6.07 Å². The zero-order valence-corrected chi connectivity index (χ0v) is 9.96. The molecule has 0 saturated carbocycles. The average Bonchev–Trinajstić information content (AvgIpc) is 2.96. The Balaban J connectivity index is 1.92. The SMILES string of the molecule is NC(=O)N1CCc2cc(-c3ccn[nH]3)sc2C1. The van der Waals surface area contributed by atoms with Crippen molar-refractivity contribution in [3.63, 3.8) is 0 Å². The molecule has 5 nitrogen and oxygen atoms in total. The van der Waals surface area contributed by atoms with Crippen LogP contribution >= 0.6 is 11.3 Å². The first-order valence-electron chi connectivity index (χ1n) is 5.40. The van der Waals surface area contributed by atoms with Crippen molar-refractivity contribution in [1.82, 2.24) is 15.1 Å². The number of urea groups is 1. The fraction of sp³-hybridized carbons (Fsp3) is 0.273. The number of hydrogen-bond acceptors (Lipinski definition) is 3. The Hall–Kier alpha value is -1.82. The van der Waals surface area contributed by atoms with Crippen LogP contribution in [0.4, 0.5) is 4.79 Å². The van der Waals surface area contributed by atoms with Crippen LogP contribution < -0.4 is 5.73 Å². The standard InChI is InChI=1S/C11H12N4OS/c12-11(16)15-4-2-7-5-9(17-10(7)6-15)8-1-3-13-14-8/h1,3,5H,2,4,6H2,(H2,12,16)(H,13,14). The van der Waals surface area contributed by atoms with Crippen LogP contribution in [0.1, 0.15) is 10.4 Å². The number of fused-ring (bicyclic) bond motifs is 1. The summed E-state index contributed by atoms with van der Waals surface area (Å²) in [6.07, 6.45) is 2.62. The number of hydrogen-bond donors (Lipinski definition) is 2. The number of nitrogens with zero attached hydrogens (tertiary/aromatic N) is 2. The van der Waals surface area contributed by atoms with Crippen molar-refractivity contribution >= 4 is 17.4 Å². The van der Waals surface area contributed by atoms with Crippen molar-refractivity contribution in [2.45, 2.75) is 13.0 Å². The Labute approximate surface area is 102 Å². The minimum atomic E-state index is -0.341. The minimum Gasteiger partial charge on any atom is -0.351 e. The second-order valence-corrected chi connectivity index (χ2v) is 5.18. The number of carbonyl (C=O) groups excluding carboxylic acids is 1. The maximum atomic E-state index is 11.1. The smallest absolute Gasteiger partial charge is 0.315 e. The van der Waals surface area contributed by atoms with Gasteiger partial charge in [-0.2, -0.15) is 5.10 Å². The molecule has 0 aliphatic carbocycles. The highest BCUT2D eigenvalue weighted by molar-refractivity contribution is 7.15. The third-order valence-electron chi connectivity index (χ3n) is 2.96. The van der Waals surface area contributed by atoms with Crippen LogP contribution in [0.3, 0.4) is 0 Å². The third kappa shape index (κ3) is 1.80.